The third kappa shape index (κ3) is 1.74. The Kier molecular flexibility index (Phi) is 2.70. The molecule has 1 aromatic carbocycles. The Morgan fingerprint density at radius 2 is 2.14 bits per heavy atom. The fourth-order valence-corrected chi connectivity index (χ4v) is 1.96. The minimum Gasteiger partial charge on any atom is -0.310 e. The Morgan fingerprint density at radius 1 is 1.36 bits per heavy atom. The highest BCUT2D eigenvalue weighted by molar-refractivity contribution is 6.30. The third-order valence-electron chi connectivity index (χ3n) is 2.47. The molecule has 76 valence electrons. The molecule has 1 nitrogen and oxygen atoms in total. The van der Waals surface area contributed by atoms with Gasteiger partial charge in [-0.3, -0.25) is 0 Å². The molecule has 0 unspecified atom stereocenters. The van der Waals surface area contributed by atoms with E-state index in [1.54, 1.807) is 0 Å². The molecule has 4 heteroatoms. The fraction of sp³-hybridized carbons (Fsp3) is 0.400. The maximum Gasteiger partial charge on any atom is 0.177 e. The molecule has 1 N–H and O–H groups in total. The number of nitrogens with one attached hydrogen (secondary N) is 1. The van der Waals surface area contributed by atoms with Crippen molar-refractivity contribution in [3.63, 3.8) is 0 Å². The van der Waals surface area contributed by atoms with Gasteiger partial charge < -0.3 is 5.32 Å². The predicted octanol–water partition coefficient (Wildman–Crippen LogP) is 3.04. The normalized spacial score (nSPS) is 21.5. The maximum atomic E-state index is 13.0. The van der Waals surface area contributed by atoms with E-state index in [0.717, 1.165) is 24.9 Å². The van der Waals surface area contributed by atoms with E-state index in [9.17, 15) is 8.78 Å². The molecular weight excluding hydrogens is 208 g/mol. The van der Waals surface area contributed by atoms with Gasteiger partial charge in [-0.2, -0.15) is 0 Å². The Labute approximate surface area is 86.1 Å². The number of benzene rings is 1. The fourth-order valence-electron chi connectivity index (χ4n) is 1.75. The lowest BCUT2D eigenvalue weighted by molar-refractivity contribution is 0.504. The molecule has 0 saturated carbocycles. The van der Waals surface area contributed by atoms with Crippen molar-refractivity contribution in [3.8, 4) is 0 Å². The first kappa shape index (κ1) is 9.87. The van der Waals surface area contributed by atoms with E-state index in [2.05, 4.69) is 5.32 Å². The molecule has 1 heterocycles. The van der Waals surface area contributed by atoms with Gasteiger partial charge in [0.2, 0.25) is 0 Å². The molecule has 0 aromatic heterocycles. The van der Waals surface area contributed by atoms with Crippen LogP contribution < -0.4 is 5.32 Å². The average Bonchev–Trinajstić information content (AvgIpc) is 2.66. The summed E-state index contributed by atoms with van der Waals surface area (Å²) in [6.07, 6.45) is 2.00. The van der Waals surface area contributed by atoms with Crippen LogP contribution in [0.1, 0.15) is 24.4 Å². The van der Waals surface area contributed by atoms with Crippen LogP contribution in [0, 0.1) is 11.6 Å². The van der Waals surface area contributed by atoms with Crippen molar-refractivity contribution in [2.45, 2.75) is 18.9 Å². The molecule has 14 heavy (non-hydrogen) atoms. The van der Waals surface area contributed by atoms with Crippen LogP contribution in [0.3, 0.4) is 0 Å². The second-order valence-electron chi connectivity index (χ2n) is 3.45. The highest BCUT2D eigenvalue weighted by Gasteiger charge is 2.19. The average molecular weight is 218 g/mol. The molecule has 1 saturated heterocycles. The SMILES string of the molecule is Fc1cc([C@@H]2CCCN2)cc(Cl)c1F. The summed E-state index contributed by atoms with van der Waals surface area (Å²) < 4.78 is 25.9. The number of halogens is 3. The largest absolute Gasteiger partial charge is 0.310 e. The lowest BCUT2D eigenvalue weighted by Gasteiger charge is -2.11. The summed E-state index contributed by atoms with van der Waals surface area (Å²) in [6, 6.07) is 2.82. The maximum absolute atomic E-state index is 13.0. The summed E-state index contributed by atoms with van der Waals surface area (Å²) in [5.41, 5.74) is 0.728. The van der Waals surface area contributed by atoms with Gasteiger partial charge in [0.05, 0.1) is 5.02 Å². The number of hydrogen-bond donors (Lipinski definition) is 1. The van der Waals surface area contributed by atoms with Crippen LogP contribution in [0.4, 0.5) is 8.78 Å². The summed E-state index contributed by atoms with van der Waals surface area (Å²) in [5, 5.41) is 3.05. The molecule has 1 fully saturated rings. The van der Waals surface area contributed by atoms with Crippen LogP contribution in [0.5, 0.6) is 0 Å². The van der Waals surface area contributed by atoms with Gasteiger partial charge in [-0.1, -0.05) is 11.6 Å². The highest BCUT2D eigenvalue weighted by Crippen LogP contribution is 2.28. The zero-order chi connectivity index (χ0) is 10.1. The van der Waals surface area contributed by atoms with Crippen LogP contribution in [0.15, 0.2) is 12.1 Å². The van der Waals surface area contributed by atoms with Crippen molar-refractivity contribution in [1.29, 1.82) is 0 Å². The Bertz CT molecular complexity index is 325. The van der Waals surface area contributed by atoms with E-state index in [4.69, 9.17) is 11.6 Å². The first-order chi connectivity index (χ1) is 6.68. The molecule has 0 bridgehead atoms. The zero-order valence-electron chi connectivity index (χ0n) is 7.49. The van der Waals surface area contributed by atoms with Gasteiger partial charge in [0.15, 0.2) is 11.6 Å². The number of hydrogen-bond acceptors (Lipinski definition) is 1. The van der Waals surface area contributed by atoms with Gasteiger partial charge >= 0.3 is 0 Å². The first-order valence-corrected chi connectivity index (χ1v) is 4.94. The van der Waals surface area contributed by atoms with E-state index in [1.165, 1.54) is 12.1 Å². The second-order valence-corrected chi connectivity index (χ2v) is 3.85. The van der Waals surface area contributed by atoms with Crippen LogP contribution in [-0.2, 0) is 0 Å². The zero-order valence-corrected chi connectivity index (χ0v) is 8.24. The minimum atomic E-state index is -0.964. The highest BCUT2D eigenvalue weighted by atomic mass is 35.5. The minimum absolute atomic E-state index is 0.114. The summed E-state index contributed by atoms with van der Waals surface area (Å²) in [5.74, 6) is -1.84. The Hall–Kier alpha value is -0.670. The lowest BCUT2D eigenvalue weighted by atomic mass is 10.1. The van der Waals surface area contributed by atoms with Gasteiger partial charge in [0, 0.05) is 6.04 Å². The molecule has 1 aliphatic heterocycles. The molecular formula is C10H10ClF2N. The lowest BCUT2D eigenvalue weighted by Crippen LogP contribution is -2.13. The molecule has 1 aliphatic rings. The van der Waals surface area contributed by atoms with E-state index >= 15 is 0 Å². The van der Waals surface area contributed by atoms with Gasteiger partial charge in [0.1, 0.15) is 0 Å². The third-order valence-corrected chi connectivity index (χ3v) is 2.74. The van der Waals surface area contributed by atoms with Gasteiger partial charge in [-0.15, -0.1) is 0 Å². The van der Waals surface area contributed by atoms with Crippen molar-refractivity contribution in [3.05, 3.63) is 34.4 Å². The van der Waals surface area contributed by atoms with Crippen LogP contribution >= 0.6 is 11.6 Å². The topological polar surface area (TPSA) is 12.0 Å². The van der Waals surface area contributed by atoms with E-state index in [0.29, 0.717) is 0 Å². The molecule has 0 radical (unpaired) electrons. The summed E-state index contributed by atoms with van der Waals surface area (Å²) in [6.45, 7) is 0.918. The Morgan fingerprint density at radius 3 is 2.71 bits per heavy atom. The van der Waals surface area contributed by atoms with Crippen molar-refractivity contribution in [2.24, 2.45) is 0 Å². The quantitative estimate of drug-likeness (QED) is 0.713. The monoisotopic (exact) mass is 217 g/mol. The second kappa shape index (κ2) is 3.83. The summed E-state index contributed by atoms with van der Waals surface area (Å²) in [4.78, 5) is 0. The molecule has 2 rings (SSSR count). The predicted molar refractivity (Wildman–Crippen MR) is 51.3 cm³/mol. The van der Waals surface area contributed by atoms with Gasteiger partial charge in [-0.25, -0.2) is 8.78 Å². The van der Waals surface area contributed by atoms with E-state index < -0.39 is 11.6 Å². The smallest absolute Gasteiger partial charge is 0.177 e. The van der Waals surface area contributed by atoms with E-state index in [1.807, 2.05) is 0 Å². The molecule has 0 aliphatic carbocycles. The first-order valence-electron chi connectivity index (χ1n) is 4.56. The summed E-state index contributed by atoms with van der Waals surface area (Å²) >= 11 is 5.55. The van der Waals surface area contributed by atoms with Crippen molar-refractivity contribution in [1.82, 2.24) is 5.32 Å². The molecule has 1 atom stereocenters. The van der Waals surface area contributed by atoms with Crippen molar-refractivity contribution < 1.29 is 8.78 Å². The summed E-state index contributed by atoms with van der Waals surface area (Å²) in [7, 11) is 0. The number of rotatable bonds is 1. The van der Waals surface area contributed by atoms with Crippen LogP contribution in [-0.4, -0.2) is 6.54 Å². The van der Waals surface area contributed by atoms with E-state index in [-0.39, 0.29) is 11.1 Å². The van der Waals surface area contributed by atoms with Crippen molar-refractivity contribution >= 4 is 11.6 Å². The van der Waals surface area contributed by atoms with Gasteiger partial charge in [-0.05, 0) is 37.1 Å². The molecule has 0 spiro atoms. The molecule has 1 aromatic rings. The van der Waals surface area contributed by atoms with Crippen molar-refractivity contribution in [2.75, 3.05) is 6.54 Å². The van der Waals surface area contributed by atoms with Crippen LogP contribution in [0.25, 0.3) is 0 Å². The Balaban J connectivity index is 2.34. The van der Waals surface area contributed by atoms with Gasteiger partial charge in [0.25, 0.3) is 0 Å². The standard InChI is InChI=1S/C10H10ClF2N/c11-7-4-6(5-8(12)10(7)13)9-2-1-3-14-9/h4-5,9,14H,1-3H2/t9-/m0/s1. The van der Waals surface area contributed by atoms with Crippen LogP contribution in [0.2, 0.25) is 5.02 Å². The molecule has 0 amide bonds.